The highest BCUT2D eigenvalue weighted by Gasteiger charge is 2.28. The molecule has 0 spiro atoms. The van der Waals surface area contributed by atoms with Gasteiger partial charge in [0.25, 0.3) is 5.91 Å². The van der Waals surface area contributed by atoms with Gasteiger partial charge in [0.05, 0.1) is 5.56 Å². The summed E-state index contributed by atoms with van der Waals surface area (Å²) < 4.78 is 21.1. The highest BCUT2D eigenvalue weighted by molar-refractivity contribution is 6.05. The van der Waals surface area contributed by atoms with E-state index in [1.165, 1.54) is 30.6 Å². The lowest BCUT2D eigenvalue weighted by Crippen LogP contribution is -2.38. The molecule has 4 rings (SSSR count). The van der Waals surface area contributed by atoms with Gasteiger partial charge < -0.3 is 20.4 Å². The van der Waals surface area contributed by atoms with Crippen LogP contribution >= 0.6 is 0 Å². The standard InChI is InChI=1S/C31H38FN9O3/c1-5-40(4)18-8-9-22(3)36-30-28-26(14-16-34-29(28)38-39-30)44-25-12-11-23(19-24(25)32)37-31(43)21(2)13-17-35-41(20-42)27-10-6-7-15-33-27/h6-7,10-17,19-20,22,30,36,39H,5,8-9,18H2,1-4H3,(H,34,38)(H,37,43)/b21-13+,35-17-. The van der Waals surface area contributed by atoms with Crippen LogP contribution in [0.3, 0.4) is 0 Å². The Kier molecular flexibility index (Phi) is 11.5. The quantitative estimate of drug-likeness (QED) is 0.0852. The third-order valence-corrected chi connectivity index (χ3v) is 7.01. The maximum atomic E-state index is 15.1. The van der Waals surface area contributed by atoms with Gasteiger partial charge in [-0.15, -0.1) is 0 Å². The van der Waals surface area contributed by atoms with Crippen LogP contribution in [0, 0.1) is 5.82 Å². The Morgan fingerprint density at radius 2 is 2.05 bits per heavy atom. The van der Waals surface area contributed by atoms with Crippen molar-refractivity contribution in [1.29, 1.82) is 0 Å². The van der Waals surface area contributed by atoms with Gasteiger partial charge >= 0.3 is 0 Å². The number of carbonyl (C=O) groups is 2. The summed E-state index contributed by atoms with van der Waals surface area (Å²) in [7, 11) is 2.11. The first-order valence-electron chi connectivity index (χ1n) is 14.4. The number of amides is 2. The molecule has 0 fully saturated rings. The molecular weight excluding hydrogens is 565 g/mol. The van der Waals surface area contributed by atoms with Crippen molar-refractivity contribution in [1.82, 2.24) is 25.6 Å². The van der Waals surface area contributed by atoms with Crippen molar-refractivity contribution in [3.63, 3.8) is 0 Å². The molecular formula is C31H38FN9O3. The van der Waals surface area contributed by atoms with E-state index in [1.54, 1.807) is 43.5 Å². The molecule has 0 bridgehead atoms. The second-order valence-corrected chi connectivity index (χ2v) is 10.3. The highest BCUT2D eigenvalue weighted by Crippen LogP contribution is 2.37. The maximum Gasteiger partial charge on any atom is 0.251 e. The summed E-state index contributed by atoms with van der Waals surface area (Å²) in [5.41, 5.74) is 7.54. The minimum absolute atomic E-state index is 0.000531. The molecule has 2 aromatic heterocycles. The third kappa shape index (κ3) is 8.66. The molecule has 4 N–H and O–H groups in total. The van der Waals surface area contributed by atoms with Gasteiger partial charge in [-0.1, -0.05) is 13.0 Å². The summed E-state index contributed by atoms with van der Waals surface area (Å²) in [6.07, 6.45) is 8.13. The number of hydrogen-bond acceptors (Lipinski definition) is 10. The fraction of sp³-hybridized carbons (Fsp3) is 0.323. The highest BCUT2D eigenvalue weighted by atomic mass is 19.1. The maximum absolute atomic E-state index is 15.1. The van der Waals surface area contributed by atoms with E-state index in [2.05, 4.69) is 62.3 Å². The summed E-state index contributed by atoms with van der Waals surface area (Å²) >= 11 is 0. The molecule has 2 atom stereocenters. The van der Waals surface area contributed by atoms with Crippen molar-refractivity contribution >= 4 is 35.9 Å². The zero-order valence-electron chi connectivity index (χ0n) is 25.3. The topological polar surface area (TPSA) is 136 Å². The summed E-state index contributed by atoms with van der Waals surface area (Å²) in [6.45, 7) is 7.88. The monoisotopic (exact) mass is 603 g/mol. The van der Waals surface area contributed by atoms with Gasteiger partial charge in [0, 0.05) is 42.0 Å². The van der Waals surface area contributed by atoms with E-state index in [0.717, 1.165) is 36.5 Å². The Bertz CT molecular complexity index is 1490. The SMILES string of the molecule is CCN(C)CCCC(C)NC1NNc2nccc(Oc3ccc(NC(=O)/C(C)=C/C=N\N(C=O)c4ccccn4)cc3F)c21. The van der Waals surface area contributed by atoms with Crippen LogP contribution in [0.25, 0.3) is 0 Å². The van der Waals surface area contributed by atoms with Crippen LogP contribution in [-0.2, 0) is 9.59 Å². The number of hydrogen-bond donors (Lipinski definition) is 4. The molecule has 3 aromatic rings. The van der Waals surface area contributed by atoms with Crippen LogP contribution in [0.4, 0.5) is 21.7 Å². The second-order valence-electron chi connectivity index (χ2n) is 10.3. The summed E-state index contributed by atoms with van der Waals surface area (Å²) in [5, 5.41) is 11.2. The number of nitrogens with one attached hydrogen (secondary N) is 4. The Morgan fingerprint density at radius 3 is 2.77 bits per heavy atom. The number of hydrazine groups is 1. The third-order valence-electron chi connectivity index (χ3n) is 7.01. The Morgan fingerprint density at radius 1 is 1.20 bits per heavy atom. The van der Waals surface area contributed by atoms with E-state index in [4.69, 9.17) is 4.74 Å². The Balaban J connectivity index is 1.37. The molecule has 1 aliphatic heterocycles. The van der Waals surface area contributed by atoms with Gasteiger partial charge in [0.1, 0.15) is 17.7 Å². The van der Waals surface area contributed by atoms with Crippen molar-refractivity contribution in [3.8, 4) is 11.5 Å². The number of anilines is 3. The average molecular weight is 604 g/mol. The van der Waals surface area contributed by atoms with E-state index >= 15 is 4.39 Å². The molecule has 1 aromatic carbocycles. The van der Waals surface area contributed by atoms with Crippen LogP contribution in [-0.4, -0.2) is 59.6 Å². The zero-order chi connectivity index (χ0) is 31.5. The number of nitrogens with zero attached hydrogens (tertiary/aromatic N) is 5. The lowest BCUT2D eigenvalue weighted by Gasteiger charge is -2.22. The number of rotatable bonds is 15. The number of allylic oxidation sites excluding steroid dienone is 1. The van der Waals surface area contributed by atoms with Gasteiger partial charge in [-0.3, -0.25) is 14.9 Å². The molecule has 12 nitrogen and oxygen atoms in total. The zero-order valence-corrected chi connectivity index (χ0v) is 25.3. The van der Waals surface area contributed by atoms with Crippen molar-refractivity contribution in [2.75, 3.05) is 35.9 Å². The van der Waals surface area contributed by atoms with Crippen LogP contribution < -0.4 is 31.2 Å². The minimum atomic E-state index is -0.648. The van der Waals surface area contributed by atoms with Gasteiger partial charge in [0.2, 0.25) is 6.41 Å². The van der Waals surface area contributed by atoms with Crippen LogP contribution in [0.1, 0.15) is 45.3 Å². The number of halogens is 1. The van der Waals surface area contributed by atoms with Crippen LogP contribution in [0.15, 0.2) is 71.6 Å². The first-order valence-corrected chi connectivity index (χ1v) is 14.4. The van der Waals surface area contributed by atoms with Crippen molar-refractivity contribution in [2.45, 2.75) is 45.8 Å². The van der Waals surface area contributed by atoms with Gasteiger partial charge in [0.15, 0.2) is 17.4 Å². The normalized spacial score (nSPS) is 15.1. The molecule has 0 saturated heterocycles. The fourth-order valence-corrected chi connectivity index (χ4v) is 4.39. The minimum Gasteiger partial charge on any atom is -0.454 e. The van der Waals surface area contributed by atoms with Crippen LogP contribution in [0.5, 0.6) is 11.5 Å². The molecule has 2 unspecified atom stereocenters. The van der Waals surface area contributed by atoms with E-state index in [-0.39, 0.29) is 23.6 Å². The van der Waals surface area contributed by atoms with Crippen LogP contribution in [0.2, 0.25) is 0 Å². The van der Waals surface area contributed by atoms with E-state index < -0.39 is 11.7 Å². The fourth-order valence-electron chi connectivity index (χ4n) is 4.39. The first kappa shape index (κ1) is 32.2. The molecule has 3 heterocycles. The molecule has 2 amide bonds. The van der Waals surface area contributed by atoms with E-state index in [0.29, 0.717) is 29.4 Å². The number of fused-ring (bicyclic) bond motifs is 1. The average Bonchev–Trinajstić information content (AvgIpc) is 3.44. The van der Waals surface area contributed by atoms with Gasteiger partial charge in [-0.2, -0.15) is 10.1 Å². The van der Waals surface area contributed by atoms with Crippen molar-refractivity contribution in [3.05, 3.63) is 77.9 Å². The molecule has 1 aliphatic rings. The molecule has 44 heavy (non-hydrogen) atoms. The molecule has 0 saturated carbocycles. The van der Waals surface area contributed by atoms with E-state index in [1.807, 2.05) is 0 Å². The van der Waals surface area contributed by atoms with Gasteiger partial charge in [-0.25, -0.2) is 19.8 Å². The van der Waals surface area contributed by atoms with Crippen molar-refractivity contribution < 1.29 is 18.7 Å². The predicted molar refractivity (Wildman–Crippen MR) is 169 cm³/mol. The summed E-state index contributed by atoms with van der Waals surface area (Å²) in [6, 6.07) is 11.2. The predicted octanol–water partition coefficient (Wildman–Crippen LogP) is 4.58. The number of benzene rings is 1. The second kappa shape index (κ2) is 15.7. The lowest BCUT2D eigenvalue weighted by molar-refractivity contribution is -0.112. The molecule has 0 radical (unpaired) electrons. The van der Waals surface area contributed by atoms with Gasteiger partial charge in [-0.05, 0) is 83.2 Å². The van der Waals surface area contributed by atoms with E-state index in [9.17, 15) is 9.59 Å². The molecule has 0 aliphatic carbocycles. The van der Waals surface area contributed by atoms with Crippen molar-refractivity contribution in [2.24, 2.45) is 5.10 Å². The number of hydrazone groups is 1. The number of ether oxygens (including phenoxy) is 1. The Hall–Kier alpha value is -4.72. The molecule has 13 heteroatoms. The smallest absolute Gasteiger partial charge is 0.251 e. The Labute approximate surface area is 256 Å². The largest absolute Gasteiger partial charge is 0.454 e. The summed E-state index contributed by atoms with van der Waals surface area (Å²) in [5.74, 6) is 0.277. The number of carbonyl (C=O) groups excluding carboxylic acids is 2. The number of aromatic nitrogens is 2. The number of pyridine rings is 2. The summed E-state index contributed by atoms with van der Waals surface area (Å²) in [4.78, 5) is 34.7. The first-order chi connectivity index (χ1) is 21.3. The lowest BCUT2D eigenvalue weighted by atomic mass is 10.1. The molecule has 232 valence electrons.